The maximum atomic E-state index is 13.4. The maximum absolute atomic E-state index is 13.4. The molecular weight excluding hydrogens is 368 g/mol. The lowest BCUT2D eigenvalue weighted by Crippen LogP contribution is -2.33. The summed E-state index contributed by atoms with van der Waals surface area (Å²) in [6.07, 6.45) is 6.55. The van der Waals surface area contributed by atoms with Gasteiger partial charge in [-0.25, -0.2) is 9.50 Å². The van der Waals surface area contributed by atoms with Gasteiger partial charge in [-0.1, -0.05) is 30.3 Å². The first-order valence-corrected chi connectivity index (χ1v) is 10.3. The molecule has 5 rings (SSSR count). The van der Waals surface area contributed by atoms with E-state index in [9.17, 15) is 4.79 Å². The molecule has 0 spiro atoms. The van der Waals surface area contributed by atoms with Crippen LogP contribution in [0.15, 0.2) is 60.2 Å². The van der Waals surface area contributed by atoms with Crippen LogP contribution in [0.4, 0.5) is 0 Å². The van der Waals surface area contributed by atoms with E-state index in [1.807, 2.05) is 35.5 Å². The van der Waals surface area contributed by atoms with Crippen molar-refractivity contribution in [2.24, 2.45) is 0 Å². The number of thiophene rings is 1. The molecule has 0 aliphatic heterocycles. The molecule has 1 aliphatic carbocycles. The van der Waals surface area contributed by atoms with E-state index in [2.05, 4.69) is 34.3 Å². The third-order valence-corrected chi connectivity index (χ3v) is 6.42. The highest BCUT2D eigenvalue weighted by Crippen LogP contribution is 2.34. The zero-order chi connectivity index (χ0) is 19.1. The topological polar surface area (TPSA) is 50.5 Å². The molecule has 0 unspecified atom stereocenters. The molecule has 0 radical (unpaired) electrons. The van der Waals surface area contributed by atoms with Crippen molar-refractivity contribution >= 4 is 22.9 Å². The highest BCUT2D eigenvalue weighted by atomic mass is 32.1. The second-order valence-electron chi connectivity index (χ2n) is 7.12. The number of rotatable bonds is 3. The average Bonchev–Trinajstić information content (AvgIpc) is 3.42. The maximum Gasteiger partial charge on any atom is 0.259 e. The Labute approximate surface area is 167 Å². The van der Waals surface area contributed by atoms with Crippen molar-refractivity contribution in [2.45, 2.75) is 25.3 Å². The molecular formula is C22H20N4OS. The molecule has 1 aromatic carbocycles. The Balaban J connectivity index is 1.53. The smallest absolute Gasteiger partial charge is 0.259 e. The van der Waals surface area contributed by atoms with Gasteiger partial charge in [-0.3, -0.25) is 4.79 Å². The van der Waals surface area contributed by atoms with Gasteiger partial charge in [-0.15, -0.1) is 11.3 Å². The molecule has 28 heavy (non-hydrogen) atoms. The third kappa shape index (κ3) is 2.72. The van der Waals surface area contributed by atoms with Crippen LogP contribution in [0.3, 0.4) is 0 Å². The van der Waals surface area contributed by atoms with Crippen molar-refractivity contribution in [1.82, 2.24) is 19.5 Å². The molecule has 5 nitrogen and oxygen atoms in total. The van der Waals surface area contributed by atoms with Crippen LogP contribution >= 0.6 is 11.3 Å². The number of hydrogen-bond acceptors (Lipinski definition) is 4. The second-order valence-corrected chi connectivity index (χ2v) is 8.07. The van der Waals surface area contributed by atoms with Gasteiger partial charge in [-0.2, -0.15) is 5.10 Å². The predicted octanol–water partition coefficient (Wildman–Crippen LogP) is 4.61. The fourth-order valence-electron chi connectivity index (χ4n) is 4.12. The Hall–Kier alpha value is -2.99. The van der Waals surface area contributed by atoms with E-state index < -0.39 is 0 Å². The van der Waals surface area contributed by atoms with E-state index in [-0.39, 0.29) is 11.9 Å². The highest BCUT2D eigenvalue weighted by Gasteiger charge is 2.29. The van der Waals surface area contributed by atoms with Crippen molar-refractivity contribution in [3.05, 3.63) is 76.9 Å². The van der Waals surface area contributed by atoms with E-state index in [4.69, 9.17) is 0 Å². The number of aryl methyl sites for hydroxylation is 1. The zero-order valence-electron chi connectivity index (χ0n) is 15.6. The minimum Gasteiger partial charge on any atom is -0.334 e. The van der Waals surface area contributed by atoms with Crippen LogP contribution in [0.1, 0.15) is 40.4 Å². The summed E-state index contributed by atoms with van der Waals surface area (Å²) >= 11 is 1.65. The van der Waals surface area contributed by atoms with E-state index in [1.165, 1.54) is 11.1 Å². The standard InChI is InChI=1S/C22H20N4OS/c1-25(18-9-4-7-15-6-2-3-8-16(15)18)22(27)17-14-24-26-19(11-12-23-21(17)26)20-10-5-13-28-20/h2-3,5-6,8,10-14,18H,4,7,9H2,1H3/t18-/m0/s1. The fraction of sp³-hybridized carbons (Fsp3) is 0.227. The summed E-state index contributed by atoms with van der Waals surface area (Å²) in [5, 5.41) is 6.51. The third-order valence-electron chi connectivity index (χ3n) is 5.53. The lowest BCUT2D eigenvalue weighted by molar-refractivity contribution is 0.0717. The molecule has 0 fully saturated rings. The molecule has 6 heteroatoms. The number of benzene rings is 1. The van der Waals surface area contributed by atoms with Crippen LogP contribution in [0, 0.1) is 0 Å². The SMILES string of the molecule is CN(C(=O)c1cnn2c(-c3cccs3)ccnc12)[C@H]1CCCc2ccccc21. The highest BCUT2D eigenvalue weighted by molar-refractivity contribution is 7.13. The molecule has 3 aromatic heterocycles. The summed E-state index contributed by atoms with van der Waals surface area (Å²) in [4.78, 5) is 20.8. The molecule has 4 aromatic rings. The van der Waals surface area contributed by atoms with Gasteiger partial charge in [0.05, 0.1) is 22.8 Å². The Kier molecular flexibility index (Phi) is 4.20. The summed E-state index contributed by atoms with van der Waals surface area (Å²) in [6.45, 7) is 0. The Morgan fingerprint density at radius 3 is 2.96 bits per heavy atom. The lowest BCUT2D eigenvalue weighted by atomic mass is 9.87. The molecule has 1 aliphatic rings. The molecule has 1 atom stereocenters. The minimum absolute atomic E-state index is 0.0347. The molecule has 0 bridgehead atoms. The number of aromatic nitrogens is 3. The average molecular weight is 388 g/mol. The lowest BCUT2D eigenvalue weighted by Gasteiger charge is -2.33. The van der Waals surface area contributed by atoms with Gasteiger partial charge in [0, 0.05) is 13.2 Å². The molecule has 0 N–H and O–H groups in total. The molecule has 1 amide bonds. The normalized spacial score (nSPS) is 16.1. The van der Waals surface area contributed by atoms with Crippen LogP contribution in [0.5, 0.6) is 0 Å². The zero-order valence-corrected chi connectivity index (χ0v) is 16.4. The number of amides is 1. The van der Waals surface area contributed by atoms with Crippen LogP contribution in [-0.4, -0.2) is 32.5 Å². The molecule has 140 valence electrons. The number of hydrogen-bond donors (Lipinski definition) is 0. The Bertz CT molecular complexity index is 1150. The minimum atomic E-state index is -0.0347. The Morgan fingerprint density at radius 1 is 1.21 bits per heavy atom. The number of carbonyl (C=O) groups is 1. The van der Waals surface area contributed by atoms with Crippen LogP contribution < -0.4 is 0 Å². The molecule has 0 saturated heterocycles. The van der Waals surface area contributed by atoms with Gasteiger partial charge in [0.25, 0.3) is 5.91 Å². The first kappa shape index (κ1) is 17.1. The van der Waals surface area contributed by atoms with E-state index in [0.29, 0.717) is 11.2 Å². The summed E-state index contributed by atoms with van der Waals surface area (Å²) in [5.41, 5.74) is 4.70. The number of nitrogens with zero attached hydrogens (tertiary/aromatic N) is 4. The van der Waals surface area contributed by atoms with E-state index in [0.717, 1.165) is 29.8 Å². The fourth-order valence-corrected chi connectivity index (χ4v) is 4.85. The van der Waals surface area contributed by atoms with Crippen molar-refractivity contribution in [3.8, 4) is 10.6 Å². The van der Waals surface area contributed by atoms with Gasteiger partial charge in [0.2, 0.25) is 0 Å². The van der Waals surface area contributed by atoms with Crippen LogP contribution in [0.2, 0.25) is 0 Å². The van der Waals surface area contributed by atoms with Gasteiger partial charge in [-0.05, 0) is 47.9 Å². The Morgan fingerprint density at radius 2 is 2.11 bits per heavy atom. The van der Waals surface area contributed by atoms with E-state index >= 15 is 0 Å². The summed E-state index contributed by atoms with van der Waals surface area (Å²) < 4.78 is 1.77. The number of fused-ring (bicyclic) bond motifs is 2. The van der Waals surface area contributed by atoms with Crippen molar-refractivity contribution < 1.29 is 4.79 Å². The first-order chi connectivity index (χ1) is 13.7. The second kappa shape index (κ2) is 6.87. The quantitative estimate of drug-likeness (QED) is 0.515. The largest absolute Gasteiger partial charge is 0.334 e. The first-order valence-electron chi connectivity index (χ1n) is 9.45. The summed E-state index contributed by atoms with van der Waals surface area (Å²) in [5.74, 6) is -0.0347. The van der Waals surface area contributed by atoms with Gasteiger partial charge in [0.1, 0.15) is 5.56 Å². The van der Waals surface area contributed by atoms with Gasteiger partial charge >= 0.3 is 0 Å². The predicted molar refractivity (Wildman–Crippen MR) is 111 cm³/mol. The summed E-state index contributed by atoms with van der Waals surface area (Å²) in [6, 6.07) is 14.5. The van der Waals surface area contributed by atoms with Crippen molar-refractivity contribution in [2.75, 3.05) is 7.05 Å². The van der Waals surface area contributed by atoms with Gasteiger partial charge in [0.15, 0.2) is 5.65 Å². The summed E-state index contributed by atoms with van der Waals surface area (Å²) in [7, 11) is 1.89. The van der Waals surface area contributed by atoms with Crippen LogP contribution in [0.25, 0.3) is 16.2 Å². The van der Waals surface area contributed by atoms with Gasteiger partial charge < -0.3 is 4.90 Å². The number of carbonyl (C=O) groups excluding carboxylic acids is 1. The molecule has 0 saturated carbocycles. The van der Waals surface area contributed by atoms with Crippen LogP contribution in [-0.2, 0) is 6.42 Å². The van der Waals surface area contributed by atoms with Crippen molar-refractivity contribution in [1.29, 1.82) is 0 Å². The van der Waals surface area contributed by atoms with E-state index in [1.54, 1.807) is 28.2 Å². The monoisotopic (exact) mass is 388 g/mol. The molecule has 3 heterocycles. The van der Waals surface area contributed by atoms with Crippen molar-refractivity contribution in [3.63, 3.8) is 0 Å².